The van der Waals surface area contributed by atoms with Gasteiger partial charge in [-0.2, -0.15) is 0 Å². The summed E-state index contributed by atoms with van der Waals surface area (Å²) in [5.74, 6) is 0. The minimum absolute atomic E-state index is 1.07. The molecule has 0 N–H and O–H groups in total. The first-order chi connectivity index (χ1) is 8.85. The molecular formula is C17H23N. The molecule has 0 atom stereocenters. The lowest BCUT2D eigenvalue weighted by molar-refractivity contribution is 0.276. The number of hydrogen-bond donors (Lipinski definition) is 0. The maximum Gasteiger partial charge on any atom is 0.0239 e. The fraction of sp³-hybridized carbons (Fsp3) is 0.412. The summed E-state index contributed by atoms with van der Waals surface area (Å²) in [5, 5.41) is 2.75. The van der Waals surface area contributed by atoms with Crippen LogP contribution in [0, 0.1) is 0 Å². The van der Waals surface area contributed by atoms with E-state index in [-0.39, 0.29) is 0 Å². The van der Waals surface area contributed by atoms with Gasteiger partial charge in [0.15, 0.2) is 0 Å². The highest BCUT2D eigenvalue weighted by Crippen LogP contribution is 2.20. The number of fused-ring (bicyclic) bond motifs is 1. The van der Waals surface area contributed by atoms with Crippen molar-refractivity contribution in [3.63, 3.8) is 0 Å². The molecule has 1 nitrogen and oxygen atoms in total. The van der Waals surface area contributed by atoms with E-state index in [4.69, 9.17) is 0 Å². The summed E-state index contributed by atoms with van der Waals surface area (Å²) in [7, 11) is 0. The predicted octanol–water partition coefficient (Wildman–Crippen LogP) is 4.46. The highest BCUT2D eigenvalue weighted by Gasteiger charge is 2.05. The molecule has 0 aliphatic carbocycles. The quantitative estimate of drug-likeness (QED) is 0.721. The molecule has 0 fully saturated rings. The fourth-order valence-electron chi connectivity index (χ4n) is 2.40. The monoisotopic (exact) mass is 241 g/mol. The molecule has 0 radical (unpaired) electrons. The molecule has 2 aromatic rings. The van der Waals surface area contributed by atoms with Crippen LogP contribution in [0.1, 0.15) is 32.3 Å². The summed E-state index contributed by atoms with van der Waals surface area (Å²) in [5.41, 5.74) is 1.45. The minimum atomic E-state index is 1.07. The van der Waals surface area contributed by atoms with Crippen molar-refractivity contribution in [2.24, 2.45) is 0 Å². The van der Waals surface area contributed by atoms with Gasteiger partial charge in [-0.05, 0) is 35.8 Å². The molecule has 0 aliphatic heterocycles. The van der Waals surface area contributed by atoms with Gasteiger partial charge < -0.3 is 0 Å². The standard InChI is InChI=1S/C17H23N/c1-3-5-13-18(4-2)14-16-11-8-10-15-9-6-7-12-17(15)16/h6-12H,3-5,13-14H2,1-2H3. The third kappa shape index (κ3) is 3.11. The molecule has 0 heterocycles. The zero-order chi connectivity index (χ0) is 12.8. The van der Waals surface area contributed by atoms with E-state index in [0.717, 1.165) is 13.1 Å². The molecule has 1 heteroatoms. The lowest BCUT2D eigenvalue weighted by Gasteiger charge is -2.21. The number of nitrogens with zero attached hydrogens (tertiary/aromatic N) is 1. The van der Waals surface area contributed by atoms with E-state index < -0.39 is 0 Å². The molecule has 0 aliphatic rings. The van der Waals surface area contributed by atoms with E-state index in [1.54, 1.807) is 0 Å². The highest BCUT2D eigenvalue weighted by atomic mass is 15.1. The summed E-state index contributed by atoms with van der Waals surface area (Å²) in [6, 6.07) is 15.3. The van der Waals surface area contributed by atoms with E-state index in [1.165, 1.54) is 35.7 Å². The second-order valence-electron chi connectivity index (χ2n) is 4.86. The Hall–Kier alpha value is -1.34. The average molecular weight is 241 g/mol. The summed E-state index contributed by atoms with van der Waals surface area (Å²) < 4.78 is 0. The van der Waals surface area contributed by atoms with E-state index in [9.17, 15) is 0 Å². The zero-order valence-electron chi connectivity index (χ0n) is 11.5. The maximum atomic E-state index is 2.53. The first-order valence-electron chi connectivity index (χ1n) is 7.04. The Bertz CT molecular complexity index is 484. The van der Waals surface area contributed by atoms with Crippen molar-refractivity contribution >= 4 is 10.8 Å². The van der Waals surface area contributed by atoms with Gasteiger partial charge in [-0.25, -0.2) is 0 Å². The molecule has 0 aromatic heterocycles. The number of benzene rings is 2. The van der Waals surface area contributed by atoms with Crippen molar-refractivity contribution in [2.75, 3.05) is 13.1 Å². The molecule has 0 unspecified atom stereocenters. The predicted molar refractivity (Wildman–Crippen MR) is 79.8 cm³/mol. The Labute approximate surface area is 110 Å². The smallest absolute Gasteiger partial charge is 0.0239 e. The van der Waals surface area contributed by atoms with Gasteiger partial charge in [0.25, 0.3) is 0 Å². The van der Waals surface area contributed by atoms with E-state index in [2.05, 4.69) is 61.2 Å². The van der Waals surface area contributed by atoms with Gasteiger partial charge in [0.2, 0.25) is 0 Å². The second-order valence-corrected chi connectivity index (χ2v) is 4.86. The van der Waals surface area contributed by atoms with Crippen LogP contribution in [0.2, 0.25) is 0 Å². The van der Waals surface area contributed by atoms with Crippen LogP contribution in [-0.2, 0) is 6.54 Å². The van der Waals surface area contributed by atoms with Crippen LogP contribution in [0.25, 0.3) is 10.8 Å². The number of unbranched alkanes of at least 4 members (excludes halogenated alkanes) is 1. The molecular weight excluding hydrogens is 218 g/mol. The van der Waals surface area contributed by atoms with Crippen LogP contribution in [-0.4, -0.2) is 18.0 Å². The van der Waals surface area contributed by atoms with E-state index >= 15 is 0 Å². The van der Waals surface area contributed by atoms with Gasteiger partial charge in [0.1, 0.15) is 0 Å². The summed E-state index contributed by atoms with van der Waals surface area (Å²) >= 11 is 0. The van der Waals surface area contributed by atoms with Crippen molar-refractivity contribution in [1.29, 1.82) is 0 Å². The Morgan fingerprint density at radius 3 is 2.50 bits per heavy atom. The molecule has 0 saturated carbocycles. The largest absolute Gasteiger partial charge is 0.299 e. The SMILES string of the molecule is CCCCN(CC)Cc1cccc2ccccc12. The van der Waals surface area contributed by atoms with Gasteiger partial charge in [0, 0.05) is 6.54 Å². The molecule has 96 valence electrons. The third-order valence-corrected chi connectivity index (χ3v) is 3.55. The van der Waals surface area contributed by atoms with Gasteiger partial charge >= 0.3 is 0 Å². The number of hydrogen-bond acceptors (Lipinski definition) is 1. The normalized spacial score (nSPS) is 11.3. The van der Waals surface area contributed by atoms with Crippen LogP contribution in [0.3, 0.4) is 0 Å². The average Bonchev–Trinajstić information content (AvgIpc) is 2.43. The lowest BCUT2D eigenvalue weighted by Crippen LogP contribution is -2.24. The van der Waals surface area contributed by atoms with Crippen LogP contribution >= 0.6 is 0 Å². The van der Waals surface area contributed by atoms with Crippen LogP contribution in [0.5, 0.6) is 0 Å². The van der Waals surface area contributed by atoms with Crippen molar-refractivity contribution in [3.05, 3.63) is 48.0 Å². The summed E-state index contributed by atoms with van der Waals surface area (Å²) in [6.07, 6.45) is 2.56. The third-order valence-electron chi connectivity index (χ3n) is 3.55. The maximum absolute atomic E-state index is 2.53. The Balaban J connectivity index is 2.19. The Morgan fingerprint density at radius 1 is 0.944 bits per heavy atom. The first kappa shape index (κ1) is 13.1. The zero-order valence-corrected chi connectivity index (χ0v) is 11.5. The lowest BCUT2D eigenvalue weighted by atomic mass is 10.0. The van der Waals surface area contributed by atoms with E-state index in [1.807, 2.05) is 0 Å². The van der Waals surface area contributed by atoms with Crippen molar-refractivity contribution in [3.8, 4) is 0 Å². The van der Waals surface area contributed by atoms with Crippen molar-refractivity contribution in [1.82, 2.24) is 4.90 Å². The molecule has 2 aromatic carbocycles. The molecule has 2 rings (SSSR count). The topological polar surface area (TPSA) is 3.24 Å². The van der Waals surface area contributed by atoms with Crippen LogP contribution in [0.4, 0.5) is 0 Å². The summed E-state index contributed by atoms with van der Waals surface area (Å²) in [4.78, 5) is 2.53. The fourth-order valence-corrected chi connectivity index (χ4v) is 2.40. The highest BCUT2D eigenvalue weighted by molar-refractivity contribution is 5.85. The van der Waals surface area contributed by atoms with Crippen molar-refractivity contribution in [2.45, 2.75) is 33.2 Å². The molecule has 0 amide bonds. The number of rotatable bonds is 6. The van der Waals surface area contributed by atoms with Gasteiger partial charge in [-0.3, -0.25) is 4.90 Å². The Kier molecular flexibility index (Phi) is 4.77. The van der Waals surface area contributed by atoms with E-state index in [0.29, 0.717) is 0 Å². The van der Waals surface area contributed by atoms with Gasteiger partial charge in [-0.1, -0.05) is 62.7 Å². The summed E-state index contributed by atoms with van der Waals surface area (Å²) in [6.45, 7) is 7.91. The molecule has 0 saturated heterocycles. The molecule has 0 bridgehead atoms. The molecule has 18 heavy (non-hydrogen) atoms. The minimum Gasteiger partial charge on any atom is -0.299 e. The Morgan fingerprint density at radius 2 is 1.72 bits per heavy atom. The molecule has 0 spiro atoms. The first-order valence-corrected chi connectivity index (χ1v) is 7.04. The second kappa shape index (κ2) is 6.55. The van der Waals surface area contributed by atoms with Gasteiger partial charge in [-0.15, -0.1) is 0 Å². The van der Waals surface area contributed by atoms with Gasteiger partial charge in [0.05, 0.1) is 0 Å². The van der Waals surface area contributed by atoms with Crippen LogP contribution < -0.4 is 0 Å². The van der Waals surface area contributed by atoms with Crippen LogP contribution in [0.15, 0.2) is 42.5 Å². The van der Waals surface area contributed by atoms with Crippen molar-refractivity contribution < 1.29 is 0 Å².